The highest BCUT2D eigenvalue weighted by molar-refractivity contribution is 5.94. The topological polar surface area (TPSA) is 86.3 Å². The first-order chi connectivity index (χ1) is 10.2. The highest BCUT2D eigenvalue weighted by atomic mass is 16.4. The third-order valence-corrected chi connectivity index (χ3v) is 3.92. The van der Waals surface area contributed by atoms with Gasteiger partial charge in [0.05, 0.1) is 11.8 Å². The molecule has 0 spiro atoms. The number of imidazole rings is 1. The maximum absolute atomic E-state index is 11.9. The summed E-state index contributed by atoms with van der Waals surface area (Å²) in [6.45, 7) is 5.59. The number of hydrogen-bond donors (Lipinski definition) is 2. The molecule has 116 valence electrons. The van der Waals surface area contributed by atoms with Crippen LogP contribution in [-0.4, -0.2) is 45.9 Å². The summed E-state index contributed by atoms with van der Waals surface area (Å²) in [6, 6.07) is 1.60. The van der Waals surface area contributed by atoms with Gasteiger partial charge in [-0.2, -0.15) is 0 Å². The van der Waals surface area contributed by atoms with Gasteiger partial charge in [-0.15, -0.1) is 0 Å². The molecule has 0 bridgehead atoms. The third-order valence-electron chi connectivity index (χ3n) is 3.92. The molecule has 2 N–H and O–H groups in total. The lowest BCUT2D eigenvalue weighted by Gasteiger charge is -2.13. The summed E-state index contributed by atoms with van der Waals surface area (Å²) in [7, 11) is 3.32. The van der Waals surface area contributed by atoms with E-state index in [0.717, 1.165) is 16.7 Å². The fourth-order valence-electron chi connectivity index (χ4n) is 2.32. The smallest absolute Gasteiger partial charge is 0.335 e. The van der Waals surface area contributed by atoms with Gasteiger partial charge in [-0.3, -0.25) is 4.79 Å². The van der Waals surface area contributed by atoms with Crippen LogP contribution >= 0.6 is 0 Å². The number of nitrogens with one attached hydrogen (secondary N) is 1. The Labute approximate surface area is 128 Å². The van der Waals surface area contributed by atoms with Crippen molar-refractivity contribution in [1.82, 2.24) is 14.9 Å². The Morgan fingerprint density at radius 3 is 2.32 bits per heavy atom. The molecule has 0 radical (unpaired) electrons. The number of carbonyl (C=O) groups excluding carboxylic acids is 1. The summed E-state index contributed by atoms with van der Waals surface area (Å²) >= 11 is 0. The van der Waals surface area contributed by atoms with E-state index in [1.54, 1.807) is 27.1 Å². The minimum absolute atomic E-state index is 0.182. The number of hydrogen-bond acceptors (Lipinski definition) is 3. The minimum atomic E-state index is -0.974. The van der Waals surface area contributed by atoms with Crippen LogP contribution in [0.3, 0.4) is 0 Å². The van der Waals surface area contributed by atoms with Crippen LogP contribution in [0.2, 0.25) is 0 Å². The Morgan fingerprint density at radius 2 is 1.77 bits per heavy atom. The largest absolute Gasteiger partial charge is 0.478 e. The Hall–Kier alpha value is -2.63. The Bertz CT molecular complexity index is 760. The summed E-state index contributed by atoms with van der Waals surface area (Å²) in [5.41, 5.74) is 3.90. The fraction of sp³-hybridized carbons (Fsp3) is 0.312. The average Bonchev–Trinajstić information content (AvgIpc) is 2.93. The van der Waals surface area contributed by atoms with E-state index in [1.165, 1.54) is 11.1 Å². The molecule has 0 fully saturated rings. The average molecular weight is 301 g/mol. The Kier molecular flexibility index (Phi) is 4.03. The van der Waals surface area contributed by atoms with Crippen molar-refractivity contribution in [2.24, 2.45) is 0 Å². The van der Waals surface area contributed by atoms with E-state index in [-0.39, 0.29) is 11.5 Å². The van der Waals surface area contributed by atoms with Crippen LogP contribution in [0.4, 0.5) is 0 Å². The predicted octanol–water partition coefficient (Wildman–Crippen LogP) is 2.40. The van der Waals surface area contributed by atoms with Gasteiger partial charge < -0.3 is 15.0 Å². The highest BCUT2D eigenvalue weighted by Gasteiger charge is 2.18. The summed E-state index contributed by atoms with van der Waals surface area (Å²) in [5.74, 6) is -0.662. The lowest BCUT2D eigenvalue weighted by atomic mass is 9.93. The molecule has 6 nitrogen and oxygen atoms in total. The molecule has 2 rings (SSSR count). The highest BCUT2D eigenvalue weighted by Crippen LogP contribution is 2.28. The molecule has 1 amide bonds. The fourth-order valence-corrected chi connectivity index (χ4v) is 2.32. The molecule has 0 aliphatic carbocycles. The second-order valence-electron chi connectivity index (χ2n) is 5.50. The maximum atomic E-state index is 11.9. The molecule has 0 saturated carbocycles. The molecular weight excluding hydrogens is 282 g/mol. The number of rotatable bonds is 3. The molecule has 0 aliphatic heterocycles. The van der Waals surface area contributed by atoms with Gasteiger partial charge in [0.15, 0.2) is 0 Å². The molecule has 1 heterocycles. The summed E-state index contributed by atoms with van der Waals surface area (Å²) in [6.07, 6.45) is 1.47. The van der Waals surface area contributed by atoms with E-state index in [4.69, 9.17) is 0 Å². The van der Waals surface area contributed by atoms with Crippen LogP contribution in [0.25, 0.3) is 11.4 Å². The lowest BCUT2D eigenvalue weighted by molar-refractivity contribution is 0.0695. The normalized spacial score (nSPS) is 10.6. The molecule has 1 aromatic carbocycles. The molecule has 0 saturated heterocycles. The first kappa shape index (κ1) is 15.8. The van der Waals surface area contributed by atoms with Crippen LogP contribution in [0.15, 0.2) is 12.3 Å². The van der Waals surface area contributed by atoms with Gasteiger partial charge in [-0.1, -0.05) is 0 Å². The quantitative estimate of drug-likeness (QED) is 0.911. The number of H-pyrrole nitrogens is 1. The van der Waals surface area contributed by atoms with Crippen molar-refractivity contribution in [3.05, 3.63) is 40.2 Å². The number of nitrogens with zero attached hydrogens (tertiary/aromatic N) is 2. The van der Waals surface area contributed by atoms with Crippen molar-refractivity contribution < 1.29 is 14.7 Å². The van der Waals surface area contributed by atoms with Crippen molar-refractivity contribution >= 4 is 11.9 Å². The van der Waals surface area contributed by atoms with Gasteiger partial charge in [-0.25, -0.2) is 9.78 Å². The maximum Gasteiger partial charge on any atom is 0.335 e. The van der Waals surface area contributed by atoms with Crippen molar-refractivity contribution in [2.45, 2.75) is 20.8 Å². The number of aromatic amines is 1. The minimum Gasteiger partial charge on any atom is -0.478 e. The standard InChI is InChI=1S/C16H19N3O3/c1-8-9(2)11(6-12(10(8)3)16(21)22)14-17-7-13(18-14)15(20)19(4)5/h6-7H,1-5H3,(H,17,18)(H,21,22). The zero-order chi connectivity index (χ0) is 16.6. The summed E-state index contributed by atoms with van der Waals surface area (Å²) < 4.78 is 0. The molecule has 22 heavy (non-hydrogen) atoms. The zero-order valence-electron chi connectivity index (χ0n) is 13.3. The first-order valence-corrected chi connectivity index (χ1v) is 6.85. The number of amides is 1. The molecule has 2 aromatic rings. The van der Waals surface area contributed by atoms with Crippen molar-refractivity contribution in [3.63, 3.8) is 0 Å². The van der Waals surface area contributed by atoms with Gasteiger partial charge in [0.2, 0.25) is 0 Å². The van der Waals surface area contributed by atoms with Gasteiger partial charge in [0, 0.05) is 19.7 Å². The number of carboxylic acids is 1. The van der Waals surface area contributed by atoms with E-state index in [2.05, 4.69) is 9.97 Å². The number of aromatic carboxylic acids is 1. The number of benzene rings is 1. The summed E-state index contributed by atoms with van der Waals surface area (Å²) in [5, 5.41) is 9.33. The van der Waals surface area contributed by atoms with Crippen LogP contribution in [0, 0.1) is 20.8 Å². The van der Waals surface area contributed by atoms with E-state index < -0.39 is 5.97 Å². The Balaban J connectivity index is 2.58. The first-order valence-electron chi connectivity index (χ1n) is 6.85. The van der Waals surface area contributed by atoms with Gasteiger partial charge in [-0.05, 0) is 43.5 Å². The van der Waals surface area contributed by atoms with E-state index in [9.17, 15) is 14.7 Å². The van der Waals surface area contributed by atoms with Gasteiger partial charge in [0.25, 0.3) is 5.91 Å². The van der Waals surface area contributed by atoms with E-state index in [1.807, 2.05) is 13.8 Å². The van der Waals surface area contributed by atoms with Crippen LogP contribution < -0.4 is 0 Å². The molecule has 0 aliphatic rings. The van der Waals surface area contributed by atoms with Crippen LogP contribution in [0.1, 0.15) is 37.5 Å². The molecule has 1 aromatic heterocycles. The zero-order valence-corrected chi connectivity index (χ0v) is 13.3. The van der Waals surface area contributed by atoms with Crippen LogP contribution in [-0.2, 0) is 0 Å². The van der Waals surface area contributed by atoms with E-state index in [0.29, 0.717) is 17.1 Å². The number of carboxylic acid groups (broad SMARTS) is 1. The lowest BCUT2D eigenvalue weighted by Crippen LogP contribution is -2.21. The SMILES string of the molecule is Cc1c(C(=O)O)cc(-c2ncc(C(=O)N(C)C)[nH]2)c(C)c1C. The van der Waals surface area contributed by atoms with Crippen LogP contribution in [0.5, 0.6) is 0 Å². The van der Waals surface area contributed by atoms with E-state index >= 15 is 0 Å². The number of aromatic nitrogens is 2. The van der Waals surface area contributed by atoms with Gasteiger partial charge in [0.1, 0.15) is 11.5 Å². The number of carbonyl (C=O) groups is 2. The van der Waals surface area contributed by atoms with Crippen molar-refractivity contribution in [3.8, 4) is 11.4 Å². The monoisotopic (exact) mass is 301 g/mol. The summed E-state index contributed by atoms with van der Waals surface area (Å²) in [4.78, 5) is 32.0. The molecule has 0 unspecified atom stereocenters. The second-order valence-corrected chi connectivity index (χ2v) is 5.50. The molecule has 0 atom stereocenters. The van der Waals surface area contributed by atoms with Gasteiger partial charge >= 0.3 is 5.97 Å². The van der Waals surface area contributed by atoms with Crippen molar-refractivity contribution in [2.75, 3.05) is 14.1 Å². The second kappa shape index (κ2) is 5.63. The molecular formula is C16H19N3O3. The predicted molar refractivity (Wildman–Crippen MR) is 83.2 cm³/mol. The Morgan fingerprint density at radius 1 is 1.14 bits per heavy atom. The van der Waals surface area contributed by atoms with Crippen molar-refractivity contribution in [1.29, 1.82) is 0 Å². The third kappa shape index (κ3) is 2.59. The molecule has 6 heteroatoms.